The normalized spacial score (nSPS) is 20.3. The Morgan fingerprint density at radius 3 is 2.41 bits per heavy atom. The molecule has 2 aromatic heterocycles. The summed E-state index contributed by atoms with van der Waals surface area (Å²) in [6, 6.07) is 10.0. The van der Waals surface area contributed by atoms with Crippen LogP contribution in [0.15, 0.2) is 39.5 Å². The largest absolute Gasteiger partial charge is 0.422 e. The molecule has 0 aliphatic carbocycles. The molecule has 0 radical (unpaired) electrons. The second-order valence-electron chi connectivity index (χ2n) is 7.53. The van der Waals surface area contributed by atoms with Gasteiger partial charge in [0.05, 0.1) is 9.21 Å². The standard InChI is InChI=1S/C21H23ClN2O2S/c1-14-3-5-18-16(11-20(25)26-21(18)15(14)2)12-23-7-9-24(10-8-23)13-17-4-6-19(22)27-17/h3-6,11H,7-10,12-13H2,1-2H3/p+2. The molecule has 27 heavy (non-hydrogen) atoms. The van der Waals surface area contributed by atoms with Crippen molar-refractivity contribution in [2.75, 3.05) is 26.2 Å². The molecule has 1 aliphatic heterocycles. The van der Waals surface area contributed by atoms with Gasteiger partial charge in [0, 0.05) is 17.0 Å². The minimum atomic E-state index is -0.246. The van der Waals surface area contributed by atoms with Crippen LogP contribution in [0.25, 0.3) is 11.0 Å². The third-order valence-corrected chi connectivity index (χ3v) is 6.91. The van der Waals surface area contributed by atoms with E-state index in [4.69, 9.17) is 16.0 Å². The van der Waals surface area contributed by atoms with E-state index in [1.54, 1.807) is 22.3 Å². The van der Waals surface area contributed by atoms with Gasteiger partial charge in [-0.25, -0.2) is 4.79 Å². The lowest BCUT2D eigenvalue weighted by atomic mass is 10.0. The van der Waals surface area contributed by atoms with E-state index in [2.05, 4.69) is 25.1 Å². The van der Waals surface area contributed by atoms with Gasteiger partial charge in [0.25, 0.3) is 0 Å². The molecule has 6 heteroatoms. The van der Waals surface area contributed by atoms with Gasteiger partial charge in [-0.05, 0) is 37.1 Å². The Morgan fingerprint density at radius 1 is 1.04 bits per heavy atom. The van der Waals surface area contributed by atoms with Crippen LogP contribution in [-0.4, -0.2) is 26.2 Å². The lowest BCUT2D eigenvalue weighted by Gasteiger charge is -2.29. The Hall–Kier alpha value is -1.66. The monoisotopic (exact) mass is 404 g/mol. The first-order chi connectivity index (χ1) is 13.0. The summed E-state index contributed by atoms with van der Waals surface area (Å²) in [6.45, 7) is 10.5. The average Bonchev–Trinajstić information content (AvgIpc) is 3.05. The zero-order valence-corrected chi connectivity index (χ0v) is 17.3. The van der Waals surface area contributed by atoms with Crippen LogP contribution in [0.2, 0.25) is 4.34 Å². The number of hydrogen-bond acceptors (Lipinski definition) is 3. The number of fused-ring (bicyclic) bond motifs is 1. The average molecular weight is 405 g/mol. The van der Waals surface area contributed by atoms with Crippen LogP contribution in [0, 0.1) is 13.8 Å². The van der Waals surface area contributed by atoms with Crippen LogP contribution in [0.1, 0.15) is 21.6 Å². The Balaban J connectivity index is 1.46. The van der Waals surface area contributed by atoms with E-state index in [0.717, 1.165) is 71.3 Å². The van der Waals surface area contributed by atoms with Crippen molar-refractivity contribution in [3.05, 3.63) is 66.7 Å². The summed E-state index contributed by atoms with van der Waals surface area (Å²) in [5.41, 5.74) is 3.82. The molecule has 0 amide bonds. The molecule has 1 aliphatic rings. The topological polar surface area (TPSA) is 39.1 Å². The molecule has 3 heterocycles. The predicted molar refractivity (Wildman–Crippen MR) is 110 cm³/mol. The maximum absolute atomic E-state index is 12.1. The highest BCUT2D eigenvalue weighted by atomic mass is 35.5. The van der Waals surface area contributed by atoms with Crippen LogP contribution >= 0.6 is 22.9 Å². The van der Waals surface area contributed by atoms with Crippen LogP contribution in [0.3, 0.4) is 0 Å². The summed E-state index contributed by atoms with van der Waals surface area (Å²) in [5, 5.41) is 1.08. The van der Waals surface area contributed by atoms with Gasteiger partial charge >= 0.3 is 5.63 Å². The van der Waals surface area contributed by atoms with Crippen molar-refractivity contribution >= 4 is 33.9 Å². The van der Waals surface area contributed by atoms with Gasteiger partial charge in [0.1, 0.15) is 44.9 Å². The van der Waals surface area contributed by atoms with Gasteiger partial charge in [0.2, 0.25) is 0 Å². The number of thiophene rings is 1. The quantitative estimate of drug-likeness (QED) is 0.648. The van der Waals surface area contributed by atoms with E-state index >= 15 is 0 Å². The van der Waals surface area contributed by atoms with E-state index in [0.29, 0.717) is 0 Å². The van der Waals surface area contributed by atoms with Crippen LogP contribution < -0.4 is 15.4 Å². The molecule has 0 bridgehead atoms. The Morgan fingerprint density at radius 2 is 1.74 bits per heavy atom. The van der Waals surface area contributed by atoms with Crippen molar-refractivity contribution in [2.24, 2.45) is 0 Å². The zero-order valence-electron chi connectivity index (χ0n) is 15.7. The lowest BCUT2D eigenvalue weighted by Crippen LogP contribution is -3.27. The number of aryl methyl sites for hydroxylation is 2. The van der Waals surface area contributed by atoms with Crippen molar-refractivity contribution < 1.29 is 14.2 Å². The number of hydrogen-bond donors (Lipinski definition) is 2. The van der Waals surface area contributed by atoms with Crippen LogP contribution in [0.4, 0.5) is 0 Å². The molecule has 3 aromatic rings. The Bertz CT molecular complexity index is 1020. The van der Waals surface area contributed by atoms with Gasteiger partial charge in [-0.3, -0.25) is 0 Å². The number of nitrogens with one attached hydrogen (secondary N) is 2. The molecule has 0 atom stereocenters. The summed E-state index contributed by atoms with van der Waals surface area (Å²) in [6.07, 6.45) is 0. The fourth-order valence-electron chi connectivity index (χ4n) is 3.94. The smallest absolute Gasteiger partial charge is 0.336 e. The molecular formula is C21H25ClN2O2S+2. The lowest BCUT2D eigenvalue weighted by molar-refractivity contribution is -1.02. The van der Waals surface area contributed by atoms with E-state index < -0.39 is 0 Å². The van der Waals surface area contributed by atoms with Gasteiger partial charge in [-0.15, -0.1) is 11.3 Å². The van der Waals surface area contributed by atoms with Crippen LogP contribution in [-0.2, 0) is 13.1 Å². The highest BCUT2D eigenvalue weighted by Crippen LogP contribution is 2.23. The minimum absolute atomic E-state index is 0.246. The van der Waals surface area contributed by atoms with E-state index in [9.17, 15) is 4.79 Å². The first-order valence-electron chi connectivity index (χ1n) is 9.44. The SMILES string of the molecule is Cc1ccc2c(C[NH+]3CC[NH+](Cc4ccc(Cl)s4)CC3)cc(=O)oc2c1C. The van der Waals surface area contributed by atoms with Crippen molar-refractivity contribution in [1.82, 2.24) is 0 Å². The first kappa shape index (κ1) is 18.7. The second-order valence-corrected chi connectivity index (χ2v) is 9.33. The maximum atomic E-state index is 12.1. The summed E-state index contributed by atoms with van der Waals surface area (Å²) >= 11 is 7.73. The highest BCUT2D eigenvalue weighted by molar-refractivity contribution is 7.16. The number of halogens is 1. The molecule has 1 saturated heterocycles. The van der Waals surface area contributed by atoms with E-state index in [1.165, 1.54) is 9.78 Å². The van der Waals surface area contributed by atoms with Gasteiger partial charge < -0.3 is 14.2 Å². The Kier molecular flexibility index (Phi) is 5.37. The molecule has 0 spiro atoms. The number of piperazine rings is 1. The van der Waals surface area contributed by atoms with Gasteiger partial charge in [-0.1, -0.05) is 23.7 Å². The molecule has 2 N–H and O–H groups in total. The zero-order chi connectivity index (χ0) is 19.0. The summed E-state index contributed by atoms with van der Waals surface area (Å²) in [7, 11) is 0. The van der Waals surface area contributed by atoms with Crippen molar-refractivity contribution in [3.63, 3.8) is 0 Å². The van der Waals surface area contributed by atoms with E-state index in [1.807, 2.05) is 13.0 Å². The predicted octanol–water partition coefficient (Wildman–Crippen LogP) is 1.61. The summed E-state index contributed by atoms with van der Waals surface area (Å²) in [5.74, 6) is 0. The number of rotatable bonds is 4. The molecule has 0 unspecified atom stereocenters. The van der Waals surface area contributed by atoms with Crippen molar-refractivity contribution in [2.45, 2.75) is 26.9 Å². The van der Waals surface area contributed by atoms with Gasteiger partial charge in [0.15, 0.2) is 0 Å². The molecule has 1 aromatic carbocycles. The number of benzene rings is 1. The fourth-order valence-corrected chi connectivity index (χ4v) is 5.10. The third kappa shape index (κ3) is 4.11. The fraction of sp³-hybridized carbons (Fsp3) is 0.381. The molecule has 4 rings (SSSR count). The Labute approximate surface area is 168 Å². The maximum Gasteiger partial charge on any atom is 0.336 e. The summed E-state index contributed by atoms with van der Waals surface area (Å²) < 4.78 is 6.38. The first-order valence-corrected chi connectivity index (χ1v) is 10.6. The van der Waals surface area contributed by atoms with Crippen molar-refractivity contribution in [3.8, 4) is 0 Å². The molecule has 0 saturated carbocycles. The molecule has 142 valence electrons. The van der Waals surface area contributed by atoms with E-state index in [-0.39, 0.29) is 5.63 Å². The molecular weight excluding hydrogens is 380 g/mol. The van der Waals surface area contributed by atoms with Crippen LogP contribution in [0.5, 0.6) is 0 Å². The minimum Gasteiger partial charge on any atom is -0.422 e. The van der Waals surface area contributed by atoms with Gasteiger partial charge in [-0.2, -0.15) is 0 Å². The highest BCUT2D eigenvalue weighted by Gasteiger charge is 2.24. The molecule has 4 nitrogen and oxygen atoms in total. The number of quaternary nitrogens is 2. The van der Waals surface area contributed by atoms with Crippen molar-refractivity contribution in [1.29, 1.82) is 0 Å². The second kappa shape index (κ2) is 7.76. The molecule has 1 fully saturated rings. The summed E-state index contributed by atoms with van der Waals surface area (Å²) in [4.78, 5) is 16.6. The third-order valence-electron chi connectivity index (χ3n) is 5.68.